The van der Waals surface area contributed by atoms with Crippen molar-refractivity contribution in [3.05, 3.63) is 42.1 Å². The lowest BCUT2D eigenvalue weighted by molar-refractivity contribution is -0.135. The fourth-order valence-electron chi connectivity index (χ4n) is 3.96. The van der Waals surface area contributed by atoms with Crippen LogP contribution >= 0.6 is 0 Å². The van der Waals surface area contributed by atoms with Crippen LogP contribution in [-0.2, 0) is 11.2 Å². The van der Waals surface area contributed by atoms with Gasteiger partial charge in [-0.25, -0.2) is 0 Å². The summed E-state index contributed by atoms with van der Waals surface area (Å²) in [4.78, 5) is 14.4. The number of H-pyrrole nitrogens is 1. The highest BCUT2D eigenvalue weighted by Crippen LogP contribution is 2.25. The van der Waals surface area contributed by atoms with Crippen LogP contribution in [0.25, 0.3) is 11.3 Å². The number of nitrogens with zero attached hydrogens (tertiary/aromatic N) is 2. The summed E-state index contributed by atoms with van der Waals surface area (Å²) < 4.78 is 0. The number of nitrogens with one attached hydrogen (secondary N) is 1. The van der Waals surface area contributed by atoms with Crippen molar-refractivity contribution in [2.45, 2.75) is 57.4 Å². The van der Waals surface area contributed by atoms with Gasteiger partial charge < -0.3 is 10.6 Å². The molecule has 3 N–H and O–H groups in total. The highest BCUT2D eigenvalue weighted by atomic mass is 16.2. The Morgan fingerprint density at radius 3 is 2.81 bits per heavy atom. The second-order valence-electron chi connectivity index (χ2n) is 7.84. The summed E-state index contributed by atoms with van der Waals surface area (Å²) in [6, 6.07) is 12.6. The van der Waals surface area contributed by atoms with E-state index >= 15 is 0 Å². The molecule has 146 valence electrons. The first-order chi connectivity index (χ1) is 13.1. The van der Waals surface area contributed by atoms with Gasteiger partial charge in [0, 0.05) is 36.8 Å². The van der Waals surface area contributed by atoms with Crippen LogP contribution in [0.2, 0.25) is 0 Å². The van der Waals surface area contributed by atoms with Crippen molar-refractivity contribution in [1.29, 1.82) is 0 Å². The van der Waals surface area contributed by atoms with Crippen LogP contribution in [0.5, 0.6) is 0 Å². The first-order valence-corrected chi connectivity index (χ1v) is 10.2. The number of aryl methyl sites for hydroxylation is 1. The average molecular weight is 369 g/mol. The Labute approximate surface area is 162 Å². The van der Waals surface area contributed by atoms with Crippen LogP contribution in [0.1, 0.15) is 50.6 Å². The van der Waals surface area contributed by atoms with Crippen molar-refractivity contribution in [2.24, 2.45) is 11.7 Å². The first kappa shape index (κ1) is 19.6. The van der Waals surface area contributed by atoms with Gasteiger partial charge in [0.2, 0.25) is 5.91 Å². The van der Waals surface area contributed by atoms with Gasteiger partial charge in [0.1, 0.15) is 0 Å². The zero-order chi connectivity index (χ0) is 19.1. The van der Waals surface area contributed by atoms with Gasteiger partial charge in [0.05, 0.1) is 5.69 Å². The molecule has 0 spiro atoms. The van der Waals surface area contributed by atoms with E-state index in [1.807, 2.05) is 30.1 Å². The zero-order valence-corrected chi connectivity index (χ0v) is 16.4. The highest BCUT2D eigenvalue weighted by Gasteiger charge is 2.27. The molecule has 0 aliphatic heterocycles. The molecule has 3 rings (SSSR count). The summed E-state index contributed by atoms with van der Waals surface area (Å²) in [7, 11) is 1.93. The molecule has 1 heterocycles. The zero-order valence-electron chi connectivity index (χ0n) is 16.4. The van der Waals surface area contributed by atoms with Gasteiger partial charge in [-0.2, -0.15) is 5.10 Å². The third-order valence-corrected chi connectivity index (χ3v) is 5.58. The third-order valence-electron chi connectivity index (χ3n) is 5.58. The number of carbonyl (C=O) groups is 1. The molecule has 0 radical (unpaired) electrons. The minimum absolute atomic E-state index is 0.139. The van der Waals surface area contributed by atoms with Crippen LogP contribution in [0.4, 0.5) is 0 Å². The number of aromatic nitrogens is 2. The number of rotatable bonds is 8. The van der Waals surface area contributed by atoms with Crippen molar-refractivity contribution in [3.8, 4) is 11.3 Å². The molecule has 1 aliphatic rings. The predicted molar refractivity (Wildman–Crippen MR) is 109 cm³/mol. The molecule has 1 aromatic heterocycles. The number of aromatic amines is 1. The molecule has 1 saturated carbocycles. The van der Waals surface area contributed by atoms with Crippen molar-refractivity contribution >= 4 is 5.91 Å². The van der Waals surface area contributed by atoms with Gasteiger partial charge in [-0.15, -0.1) is 0 Å². The monoisotopic (exact) mass is 368 g/mol. The number of amides is 1. The van der Waals surface area contributed by atoms with Gasteiger partial charge in [0.15, 0.2) is 0 Å². The Hall–Kier alpha value is -2.14. The highest BCUT2D eigenvalue weighted by molar-refractivity contribution is 5.78. The Morgan fingerprint density at radius 1 is 1.22 bits per heavy atom. The van der Waals surface area contributed by atoms with E-state index in [0.29, 0.717) is 0 Å². The van der Waals surface area contributed by atoms with Crippen LogP contribution in [0, 0.1) is 5.92 Å². The Balaban J connectivity index is 1.34. The summed E-state index contributed by atoms with van der Waals surface area (Å²) in [5.74, 6) is 0.423. The van der Waals surface area contributed by atoms with Crippen molar-refractivity contribution < 1.29 is 4.79 Å². The molecule has 1 amide bonds. The average Bonchev–Trinajstić information content (AvgIpc) is 3.16. The van der Waals surface area contributed by atoms with Crippen LogP contribution in [-0.4, -0.2) is 40.6 Å². The van der Waals surface area contributed by atoms with Gasteiger partial charge in [-0.05, 0) is 44.6 Å². The van der Waals surface area contributed by atoms with Gasteiger partial charge in [-0.3, -0.25) is 9.89 Å². The third kappa shape index (κ3) is 5.67. The summed E-state index contributed by atoms with van der Waals surface area (Å²) in [6.07, 6.45) is 8.25. The Kier molecular flexibility index (Phi) is 7.04. The standard InChI is InChI=1S/C22H32N4O/c1-26(22(27)18-11-8-12-19(23)15-18)14-7-3-6-13-20-16-21(25-24-20)17-9-4-2-5-10-17/h2,4-5,9-10,16,18-19H,3,6-8,11-15,23H2,1H3,(H,24,25). The van der Waals surface area contributed by atoms with Crippen LogP contribution in [0.3, 0.4) is 0 Å². The van der Waals surface area contributed by atoms with Gasteiger partial charge in [-0.1, -0.05) is 43.2 Å². The molecular weight excluding hydrogens is 336 g/mol. The second-order valence-corrected chi connectivity index (χ2v) is 7.84. The summed E-state index contributed by atoms with van der Waals surface area (Å²) in [5, 5.41) is 7.55. The number of benzene rings is 1. The van der Waals surface area contributed by atoms with Gasteiger partial charge >= 0.3 is 0 Å². The quantitative estimate of drug-likeness (QED) is 0.697. The minimum Gasteiger partial charge on any atom is -0.346 e. The number of unbranched alkanes of at least 4 members (excludes halogenated alkanes) is 2. The van der Waals surface area contributed by atoms with E-state index in [-0.39, 0.29) is 17.9 Å². The molecule has 27 heavy (non-hydrogen) atoms. The van der Waals surface area contributed by atoms with E-state index in [9.17, 15) is 4.79 Å². The molecule has 2 unspecified atom stereocenters. The molecule has 5 heteroatoms. The molecule has 1 aromatic carbocycles. The second kappa shape index (κ2) is 9.70. The summed E-state index contributed by atoms with van der Waals surface area (Å²) >= 11 is 0. The van der Waals surface area contributed by atoms with E-state index in [1.54, 1.807) is 0 Å². The molecule has 0 bridgehead atoms. The lowest BCUT2D eigenvalue weighted by atomic mass is 9.85. The van der Waals surface area contributed by atoms with Crippen molar-refractivity contribution in [1.82, 2.24) is 15.1 Å². The van der Waals surface area contributed by atoms with Crippen LogP contribution < -0.4 is 5.73 Å². The first-order valence-electron chi connectivity index (χ1n) is 10.2. The summed E-state index contributed by atoms with van der Waals surface area (Å²) in [6.45, 7) is 0.836. The molecule has 2 aromatic rings. The molecule has 0 saturated heterocycles. The van der Waals surface area contributed by atoms with E-state index in [0.717, 1.165) is 69.2 Å². The lowest BCUT2D eigenvalue weighted by Crippen LogP contribution is -2.39. The minimum atomic E-state index is 0.139. The SMILES string of the molecule is CN(CCCCCc1cc(-c2ccccc2)n[nH]1)C(=O)C1CCCC(N)C1. The molecular formula is C22H32N4O. The number of hydrogen-bond acceptors (Lipinski definition) is 3. The predicted octanol–water partition coefficient (Wildman–Crippen LogP) is 3.77. The Morgan fingerprint density at radius 2 is 2.04 bits per heavy atom. The largest absolute Gasteiger partial charge is 0.346 e. The number of nitrogens with two attached hydrogens (primary N) is 1. The van der Waals surface area contributed by atoms with E-state index in [4.69, 9.17) is 5.73 Å². The normalized spacial score (nSPS) is 19.8. The topological polar surface area (TPSA) is 75.0 Å². The van der Waals surface area contributed by atoms with Gasteiger partial charge in [0.25, 0.3) is 0 Å². The lowest BCUT2D eigenvalue weighted by Gasteiger charge is -2.29. The Bertz CT molecular complexity index is 712. The smallest absolute Gasteiger partial charge is 0.225 e. The number of carbonyl (C=O) groups excluding carboxylic acids is 1. The van der Waals surface area contributed by atoms with E-state index in [2.05, 4.69) is 28.4 Å². The molecule has 2 atom stereocenters. The van der Waals surface area contributed by atoms with Crippen molar-refractivity contribution in [2.75, 3.05) is 13.6 Å². The fraction of sp³-hybridized carbons (Fsp3) is 0.545. The summed E-state index contributed by atoms with van der Waals surface area (Å²) in [5.41, 5.74) is 9.34. The van der Waals surface area contributed by atoms with Crippen LogP contribution in [0.15, 0.2) is 36.4 Å². The molecule has 1 aliphatic carbocycles. The maximum Gasteiger partial charge on any atom is 0.225 e. The van der Waals surface area contributed by atoms with Crippen molar-refractivity contribution in [3.63, 3.8) is 0 Å². The van der Waals surface area contributed by atoms with E-state index < -0.39 is 0 Å². The fourth-order valence-corrected chi connectivity index (χ4v) is 3.96. The van der Waals surface area contributed by atoms with E-state index in [1.165, 1.54) is 5.69 Å². The molecule has 5 nitrogen and oxygen atoms in total. The maximum absolute atomic E-state index is 12.5. The maximum atomic E-state index is 12.5. The molecule has 1 fully saturated rings. The number of hydrogen-bond donors (Lipinski definition) is 2.